The second-order valence-electron chi connectivity index (χ2n) is 6.03. The molecule has 1 aromatic rings. The number of rotatable bonds is 6. The summed E-state index contributed by atoms with van der Waals surface area (Å²) >= 11 is 3.42. The number of nitrogens with zero attached hydrogens (tertiary/aromatic N) is 1. The third kappa shape index (κ3) is 3.72. The second-order valence-corrected chi connectivity index (χ2v) is 6.88. The van der Waals surface area contributed by atoms with Crippen LogP contribution in [-0.4, -0.2) is 29.7 Å². The average molecular weight is 356 g/mol. The number of benzene rings is 1. The van der Waals surface area contributed by atoms with Crippen LogP contribution in [-0.2, 0) is 6.54 Å². The van der Waals surface area contributed by atoms with E-state index in [0.29, 0.717) is 22.2 Å². The zero-order valence-electron chi connectivity index (χ0n) is 13.3. The molecule has 0 unspecified atom stereocenters. The van der Waals surface area contributed by atoms with Gasteiger partial charge in [-0.05, 0) is 71.8 Å². The molecule has 0 amide bonds. The number of phenols is 1. The molecule has 0 aromatic heterocycles. The molecule has 0 radical (unpaired) electrons. The summed E-state index contributed by atoms with van der Waals surface area (Å²) in [6.07, 6.45) is 3.80. The summed E-state index contributed by atoms with van der Waals surface area (Å²) < 4.78 is 6.22. The Morgan fingerprint density at radius 2 is 2.00 bits per heavy atom. The Morgan fingerprint density at radius 1 is 1.29 bits per heavy atom. The van der Waals surface area contributed by atoms with Gasteiger partial charge in [0.1, 0.15) is 0 Å². The molecule has 0 spiro atoms. The van der Waals surface area contributed by atoms with Gasteiger partial charge in [-0.15, -0.1) is 0 Å². The van der Waals surface area contributed by atoms with Gasteiger partial charge in [0.2, 0.25) is 0 Å². The van der Waals surface area contributed by atoms with E-state index in [1.807, 2.05) is 19.1 Å². The molecule has 1 saturated heterocycles. The summed E-state index contributed by atoms with van der Waals surface area (Å²) in [6, 6.07) is 3.96. The van der Waals surface area contributed by atoms with Crippen molar-refractivity contribution in [3.63, 3.8) is 0 Å². The van der Waals surface area contributed by atoms with E-state index in [1.165, 1.54) is 31.4 Å². The van der Waals surface area contributed by atoms with Crippen molar-refractivity contribution in [2.24, 2.45) is 5.41 Å². The second kappa shape index (κ2) is 7.01. The fourth-order valence-corrected chi connectivity index (χ4v) is 3.72. The van der Waals surface area contributed by atoms with Gasteiger partial charge in [-0.2, -0.15) is 0 Å². The Balaban J connectivity index is 2.10. The number of ether oxygens (including phenoxy) is 1. The highest BCUT2D eigenvalue weighted by atomic mass is 79.9. The van der Waals surface area contributed by atoms with Gasteiger partial charge in [-0.25, -0.2) is 0 Å². The highest BCUT2D eigenvalue weighted by Gasteiger charge is 2.34. The maximum atomic E-state index is 9.99. The molecule has 2 rings (SSSR count). The van der Waals surface area contributed by atoms with Gasteiger partial charge in [-0.1, -0.05) is 13.8 Å². The zero-order valence-corrected chi connectivity index (χ0v) is 14.9. The Bertz CT molecular complexity index is 486. The lowest BCUT2D eigenvalue weighted by molar-refractivity contribution is 0.236. The van der Waals surface area contributed by atoms with Crippen molar-refractivity contribution >= 4 is 15.9 Å². The predicted octanol–water partition coefficient (Wildman–Crippen LogP) is 4.57. The first-order valence-electron chi connectivity index (χ1n) is 7.90. The normalized spacial score (nSPS) is 18.1. The largest absolute Gasteiger partial charge is 0.503 e. The van der Waals surface area contributed by atoms with Crippen molar-refractivity contribution in [2.75, 3.05) is 19.7 Å². The summed E-state index contributed by atoms with van der Waals surface area (Å²) in [6.45, 7) is 10.3. The van der Waals surface area contributed by atoms with Gasteiger partial charge in [0, 0.05) is 13.1 Å². The molecule has 0 bridgehead atoms. The standard InChI is InChI=1S/C17H26BrNO2/c1-4-17(5-2)7-8-19(12-17)11-13-9-14(18)16(20)15(10-13)21-6-3/h9-10,20H,4-8,11-12H2,1-3H3. The van der Waals surface area contributed by atoms with Crippen LogP contribution in [0.4, 0.5) is 0 Å². The summed E-state index contributed by atoms with van der Waals surface area (Å²) in [7, 11) is 0. The van der Waals surface area contributed by atoms with Crippen molar-refractivity contribution in [1.29, 1.82) is 0 Å². The fourth-order valence-electron chi connectivity index (χ4n) is 3.23. The van der Waals surface area contributed by atoms with Crippen LogP contribution in [0, 0.1) is 5.41 Å². The number of phenolic OH excluding ortho intramolecular Hbond substituents is 1. The molecular weight excluding hydrogens is 330 g/mol. The van der Waals surface area contributed by atoms with E-state index in [-0.39, 0.29) is 5.75 Å². The number of hydrogen-bond donors (Lipinski definition) is 1. The highest BCUT2D eigenvalue weighted by Crippen LogP contribution is 2.39. The predicted molar refractivity (Wildman–Crippen MR) is 89.9 cm³/mol. The Labute approximate surface area is 136 Å². The molecule has 1 aliphatic heterocycles. The fraction of sp³-hybridized carbons (Fsp3) is 0.647. The Hall–Kier alpha value is -0.740. The molecule has 0 saturated carbocycles. The molecule has 1 heterocycles. The van der Waals surface area contributed by atoms with Crippen LogP contribution in [0.15, 0.2) is 16.6 Å². The van der Waals surface area contributed by atoms with Gasteiger partial charge >= 0.3 is 0 Å². The van der Waals surface area contributed by atoms with Gasteiger partial charge in [-0.3, -0.25) is 4.90 Å². The lowest BCUT2D eigenvalue weighted by Gasteiger charge is -2.26. The van der Waals surface area contributed by atoms with Crippen LogP contribution in [0.5, 0.6) is 11.5 Å². The first-order valence-corrected chi connectivity index (χ1v) is 8.69. The number of halogens is 1. The topological polar surface area (TPSA) is 32.7 Å². The molecule has 1 N–H and O–H groups in total. The molecule has 1 fully saturated rings. The van der Waals surface area contributed by atoms with Crippen LogP contribution >= 0.6 is 15.9 Å². The lowest BCUT2D eigenvalue weighted by Crippen LogP contribution is -2.26. The molecule has 0 aliphatic carbocycles. The summed E-state index contributed by atoms with van der Waals surface area (Å²) in [4.78, 5) is 2.52. The maximum absolute atomic E-state index is 9.99. The van der Waals surface area contributed by atoms with Gasteiger partial charge in [0.15, 0.2) is 11.5 Å². The van der Waals surface area contributed by atoms with Gasteiger partial charge < -0.3 is 9.84 Å². The molecule has 21 heavy (non-hydrogen) atoms. The van der Waals surface area contributed by atoms with Crippen molar-refractivity contribution in [3.8, 4) is 11.5 Å². The molecule has 3 nitrogen and oxygen atoms in total. The summed E-state index contributed by atoms with van der Waals surface area (Å²) in [5.41, 5.74) is 1.68. The number of hydrogen-bond acceptors (Lipinski definition) is 3. The highest BCUT2D eigenvalue weighted by molar-refractivity contribution is 9.10. The van der Waals surface area contributed by atoms with Crippen molar-refractivity contribution < 1.29 is 9.84 Å². The molecule has 118 valence electrons. The van der Waals surface area contributed by atoms with Crippen LogP contribution in [0.3, 0.4) is 0 Å². The van der Waals surface area contributed by atoms with Crippen molar-refractivity contribution in [1.82, 2.24) is 4.90 Å². The minimum Gasteiger partial charge on any atom is -0.503 e. The SMILES string of the molecule is CCOc1cc(CN2CCC(CC)(CC)C2)cc(Br)c1O. The molecule has 0 atom stereocenters. The van der Waals surface area contributed by atoms with E-state index >= 15 is 0 Å². The van der Waals surface area contributed by atoms with E-state index in [4.69, 9.17) is 4.74 Å². The first-order chi connectivity index (χ1) is 10.0. The number of aromatic hydroxyl groups is 1. The van der Waals surface area contributed by atoms with E-state index in [2.05, 4.69) is 34.7 Å². The molecular formula is C17H26BrNO2. The Kier molecular flexibility index (Phi) is 5.55. The van der Waals surface area contributed by atoms with E-state index < -0.39 is 0 Å². The summed E-state index contributed by atoms with van der Waals surface area (Å²) in [5.74, 6) is 0.761. The van der Waals surface area contributed by atoms with Crippen molar-refractivity contribution in [3.05, 3.63) is 22.2 Å². The van der Waals surface area contributed by atoms with Gasteiger partial charge in [0.05, 0.1) is 11.1 Å². The monoisotopic (exact) mass is 355 g/mol. The van der Waals surface area contributed by atoms with E-state index in [9.17, 15) is 5.11 Å². The maximum Gasteiger partial charge on any atom is 0.172 e. The molecule has 1 aromatic carbocycles. The minimum atomic E-state index is 0.193. The van der Waals surface area contributed by atoms with Crippen LogP contribution in [0.1, 0.15) is 45.6 Å². The van der Waals surface area contributed by atoms with Crippen LogP contribution in [0.2, 0.25) is 0 Å². The quantitative estimate of drug-likeness (QED) is 0.811. The zero-order chi connectivity index (χ0) is 15.5. The third-order valence-corrected chi connectivity index (χ3v) is 5.42. The Morgan fingerprint density at radius 3 is 2.57 bits per heavy atom. The van der Waals surface area contributed by atoms with Crippen LogP contribution < -0.4 is 4.74 Å². The third-order valence-electron chi connectivity index (χ3n) is 4.81. The lowest BCUT2D eigenvalue weighted by atomic mass is 9.82. The van der Waals surface area contributed by atoms with Crippen molar-refractivity contribution in [2.45, 2.75) is 46.6 Å². The molecule has 4 heteroatoms. The minimum absolute atomic E-state index is 0.193. The van der Waals surface area contributed by atoms with Gasteiger partial charge in [0.25, 0.3) is 0 Å². The molecule has 1 aliphatic rings. The summed E-state index contributed by atoms with van der Waals surface area (Å²) in [5, 5.41) is 9.99. The smallest absolute Gasteiger partial charge is 0.172 e. The number of likely N-dealkylation sites (tertiary alicyclic amines) is 1. The van der Waals surface area contributed by atoms with E-state index in [0.717, 1.165) is 13.1 Å². The van der Waals surface area contributed by atoms with Crippen LogP contribution in [0.25, 0.3) is 0 Å². The average Bonchev–Trinajstić information content (AvgIpc) is 2.88. The van der Waals surface area contributed by atoms with E-state index in [1.54, 1.807) is 0 Å². The first kappa shape index (κ1) is 16.6.